The second-order valence-electron chi connectivity index (χ2n) is 4.16. The van der Waals surface area contributed by atoms with Crippen LogP contribution in [0.15, 0.2) is 48.8 Å². The number of anilines is 1. The van der Waals surface area contributed by atoms with E-state index in [1.165, 1.54) is 5.56 Å². The number of carbonyl (C=O) groups is 1. The first-order valence-electron chi connectivity index (χ1n) is 6.25. The molecule has 4 heteroatoms. The number of amides is 1. The molecule has 0 saturated carbocycles. The van der Waals surface area contributed by atoms with Crippen molar-refractivity contribution in [3.8, 4) is 0 Å². The number of nitrogens with one attached hydrogen (secondary N) is 2. The number of hydrogen-bond donors (Lipinski definition) is 2. The molecule has 2 rings (SSSR count). The smallest absolute Gasteiger partial charge is 0.253 e. The molecule has 0 saturated heterocycles. The van der Waals surface area contributed by atoms with Gasteiger partial charge in [0.2, 0.25) is 0 Å². The van der Waals surface area contributed by atoms with Crippen LogP contribution in [0.4, 0.5) is 5.69 Å². The highest BCUT2D eigenvalue weighted by Gasteiger charge is 2.09. The zero-order valence-corrected chi connectivity index (χ0v) is 10.9. The summed E-state index contributed by atoms with van der Waals surface area (Å²) < 4.78 is 0. The maximum Gasteiger partial charge on any atom is 0.253 e. The third kappa shape index (κ3) is 3.55. The Balaban J connectivity index is 1.91. The largest absolute Gasteiger partial charge is 0.386 e. The Morgan fingerprint density at radius 2 is 2.00 bits per heavy atom. The Labute approximate surface area is 112 Å². The summed E-state index contributed by atoms with van der Waals surface area (Å²) in [6, 6.07) is 11.8. The molecule has 1 aromatic heterocycles. The van der Waals surface area contributed by atoms with Crippen LogP contribution in [0.5, 0.6) is 0 Å². The molecule has 4 nitrogen and oxygen atoms in total. The molecule has 0 fully saturated rings. The summed E-state index contributed by atoms with van der Waals surface area (Å²) in [6.45, 7) is 0.619. The van der Waals surface area contributed by atoms with E-state index in [1.54, 1.807) is 25.5 Å². The molecule has 98 valence electrons. The van der Waals surface area contributed by atoms with Gasteiger partial charge in [-0.2, -0.15) is 0 Å². The summed E-state index contributed by atoms with van der Waals surface area (Å²) in [5.74, 6) is -0.0809. The van der Waals surface area contributed by atoms with Gasteiger partial charge in [0.05, 0.1) is 17.4 Å². The number of pyridine rings is 1. The number of carbonyl (C=O) groups excluding carboxylic acids is 1. The van der Waals surface area contributed by atoms with Gasteiger partial charge >= 0.3 is 0 Å². The van der Waals surface area contributed by atoms with Crippen LogP contribution < -0.4 is 10.6 Å². The van der Waals surface area contributed by atoms with Gasteiger partial charge in [0.25, 0.3) is 5.91 Å². The van der Waals surface area contributed by atoms with Crippen LogP contribution in [0.3, 0.4) is 0 Å². The van der Waals surface area contributed by atoms with Crippen molar-refractivity contribution in [2.24, 2.45) is 0 Å². The first-order valence-corrected chi connectivity index (χ1v) is 6.25. The molecule has 1 heterocycles. The topological polar surface area (TPSA) is 54.0 Å². The summed E-state index contributed by atoms with van der Waals surface area (Å²) >= 11 is 0. The van der Waals surface area contributed by atoms with Gasteiger partial charge in [-0.1, -0.05) is 30.3 Å². The van der Waals surface area contributed by atoms with E-state index >= 15 is 0 Å². The van der Waals surface area contributed by atoms with E-state index in [-0.39, 0.29) is 5.91 Å². The van der Waals surface area contributed by atoms with Crippen LogP contribution in [-0.4, -0.2) is 24.5 Å². The lowest BCUT2D eigenvalue weighted by atomic mass is 10.1. The lowest BCUT2D eigenvalue weighted by Crippen LogP contribution is -2.26. The van der Waals surface area contributed by atoms with E-state index in [1.807, 2.05) is 18.2 Å². The highest BCUT2D eigenvalue weighted by atomic mass is 16.1. The first-order chi connectivity index (χ1) is 9.31. The SMILES string of the molecule is CNc1cnccc1C(=O)NCCc1ccccc1. The minimum Gasteiger partial charge on any atom is -0.386 e. The molecule has 1 aromatic carbocycles. The highest BCUT2D eigenvalue weighted by Crippen LogP contribution is 2.11. The minimum absolute atomic E-state index is 0.0809. The fraction of sp³-hybridized carbons (Fsp3) is 0.200. The molecule has 0 atom stereocenters. The van der Waals surface area contributed by atoms with Crippen LogP contribution in [-0.2, 0) is 6.42 Å². The van der Waals surface area contributed by atoms with Crippen LogP contribution in [0.25, 0.3) is 0 Å². The van der Waals surface area contributed by atoms with E-state index in [0.717, 1.165) is 12.1 Å². The molecule has 0 aliphatic rings. The van der Waals surface area contributed by atoms with Gasteiger partial charge in [0, 0.05) is 19.8 Å². The van der Waals surface area contributed by atoms with Crippen LogP contribution in [0.1, 0.15) is 15.9 Å². The minimum atomic E-state index is -0.0809. The van der Waals surface area contributed by atoms with Crippen LogP contribution in [0, 0.1) is 0 Å². The van der Waals surface area contributed by atoms with Crippen molar-refractivity contribution in [3.63, 3.8) is 0 Å². The summed E-state index contributed by atoms with van der Waals surface area (Å²) in [5, 5.41) is 5.88. The van der Waals surface area contributed by atoms with Gasteiger partial charge in [-0.25, -0.2) is 0 Å². The summed E-state index contributed by atoms with van der Waals surface area (Å²) in [4.78, 5) is 16.0. The van der Waals surface area contributed by atoms with Crippen LogP contribution in [0.2, 0.25) is 0 Å². The molecule has 19 heavy (non-hydrogen) atoms. The maximum absolute atomic E-state index is 12.0. The summed E-state index contributed by atoms with van der Waals surface area (Å²) in [5.41, 5.74) is 2.57. The van der Waals surface area contributed by atoms with Gasteiger partial charge in [0.1, 0.15) is 0 Å². The Morgan fingerprint density at radius 1 is 1.21 bits per heavy atom. The zero-order chi connectivity index (χ0) is 13.5. The Bertz CT molecular complexity index is 540. The molecule has 0 spiro atoms. The number of hydrogen-bond acceptors (Lipinski definition) is 3. The standard InChI is InChI=1S/C15H17N3O/c1-16-14-11-17-9-8-13(14)15(19)18-10-7-12-5-3-2-4-6-12/h2-6,8-9,11,16H,7,10H2,1H3,(H,18,19). The van der Waals surface area contributed by atoms with Crippen molar-refractivity contribution in [3.05, 3.63) is 59.9 Å². The van der Waals surface area contributed by atoms with Crippen molar-refractivity contribution in [2.45, 2.75) is 6.42 Å². The molecule has 0 unspecified atom stereocenters. The third-order valence-corrected chi connectivity index (χ3v) is 2.88. The molecule has 0 radical (unpaired) electrons. The number of aromatic nitrogens is 1. The van der Waals surface area contributed by atoms with E-state index in [2.05, 4.69) is 27.8 Å². The average molecular weight is 255 g/mol. The Kier molecular flexibility index (Phi) is 4.50. The molecular formula is C15H17N3O. The van der Waals surface area contributed by atoms with Gasteiger partial charge in [-0.3, -0.25) is 9.78 Å². The molecule has 0 aliphatic carbocycles. The van der Waals surface area contributed by atoms with Gasteiger partial charge < -0.3 is 10.6 Å². The van der Waals surface area contributed by atoms with Gasteiger partial charge in [-0.05, 0) is 18.1 Å². The number of rotatable bonds is 5. The fourth-order valence-electron chi connectivity index (χ4n) is 1.85. The van der Waals surface area contributed by atoms with Crippen LogP contribution >= 0.6 is 0 Å². The third-order valence-electron chi connectivity index (χ3n) is 2.88. The molecule has 1 amide bonds. The van der Waals surface area contributed by atoms with E-state index < -0.39 is 0 Å². The van der Waals surface area contributed by atoms with E-state index in [4.69, 9.17) is 0 Å². The number of benzene rings is 1. The molecule has 0 bridgehead atoms. The predicted octanol–water partition coefficient (Wildman–Crippen LogP) is 2.10. The van der Waals surface area contributed by atoms with Crippen molar-refractivity contribution in [1.29, 1.82) is 0 Å². The fourth-order valence-corrected chi connectivity index (χ4v) is 1.85. The molecule has 2 aromatic rings. The maximum atomic E-state index is 12.0. The lowest BCUT2D eigenvalue weighted by molar-refractivity contribution is 0.0955. The van der Waals surface area contributed by atoms with E-state index in [9.17, 15) is 4.79 Å². The number of nitrogens with zero attached hydrogens (tertiary/aromatic N) is 1. The van der Waals surface area contributed by atoms with Crippen molar-refractivity contribution in [2.75, 3.05) is 18.9 Å². The van der Waals surface area contributed by atoms with Gasteiger partial charge in [-0.15, -0.1) is 0 Å². The summed E-state index contributed by atoms with van der Waals surface area (Å²) in [6.07, 6.45) is 4.09. The zero-order valence-electron chi connectivity index (χ0n) is 10.9. The molecular weight excluding hydrogens is 238 g/mol. The average Bonchev–Trinajstić information content (AvgIpc) is 2.48. The second-order valence-corrected chi connectivity index (χ2v) is 4.16. The molecule has 2 N–H and O–H groups in total. The Morgan fingerprint density at radius 3 is 2.74 bits per heavy atom. The quantitative estimate of drug-likeness (QED) is 0.860. The van der Waals surface area contributed by atoms with Crippen molar-refractivity contribution >= 4 is 11.6 Å². The Hall–Kier alpha value is -2.36. The lowest BCUT2D eigenvalue weighted by Gasteiger charge is -2.09. The molecule has 0 aliphatic heterocycles. The van der Waals surface area contributed by atoms with E-state index in [0.29, 0.717) is 12.1 Å². The predicted molar refractivity (Wildman–Crippen MR) is 76.3 cm³/mol. The van der Waals surface area contributed by atoms with Gasteiger partial charge in [0.15, 0.2) is 0 Å². The van der Waals surface area contributed by atoms with Crippen molar-refractivity contribution < 1.29 is 4.79 Å². The normalized spacial score (nSPS) is 9.95. The van der Waals surface area contributed by atoms with Crippen molar-refractivity contribution in [1.82, 2.24) is 10.3 Å². The second kappa shape index (κ2) is 6.54. The first kappa shape index (κ1) is 13.1. The highest BCUT2D eigenvalue weighted by molar-refractivity contribution is 5.99. The summed E-state index contributed by atoms with van der Waals surface area (Å²) in [7, 11) is 1.78. The monoisotopic (exact) mass is 255 g/mol.